The van der Waals surface area contributed by atoms with Crippen molar-refractivity contribution < 1.29 is 39.0 Å². The van der Waals surface area contributed by atoms with Gasteiger partial charge in [0, 0.05) is 7.37 Å². The van der Waals surface area contributed by atoms with Gasteiger partial charge in [-0.15, -0.1) is 0 Å². The molecular formula is C6H14NaO2P. The molecule has 0 fully saturated rings. The van der Waals surface area contributed by atoms with Crippen molar-refractivity contribution >= 4 is 7.37 Å². The molecule has 0 spiro atoms. The largest absolute Gasteiger partial charge is 1.00 e. The van der Waals surface area contributed by atoms with E-state index in [0.717, 1.165) is 12.8 Å². The van der Waals surface area contributed by atoms with Crippen molar-refractivity contribution in [1.29, 1.82) is 0 Å². The summed E-state index contributed by atoms with van der Waals surface area (Å²) in [5, 5.41) is 0. The van der Waals surface area contributed by atoms with Gasteiger partial charge >= 0.3 is 29.6 Å². The van der Waals surface area contributed by atoms with Gasteiger partial charge in [-0.05, 0) is 18.7 Å². The Balaban J connectivity index is 0. The van der Waals surface area contributed by atoms with Crippen molar-refractivity contribution in [2.45, 2.75) is 26.7 Å². The minimum atomic E-state index is -2.94. The molecule has 0 heterocycles. The normalized spacial score (nSPS) is 15.5. The van der Waals surface area contributed by atoms with Gasteiger partial charge in [-0.2, -0.15) is 0 Å². The van der Waals surface area contributed by atoms with Gasteiger partial charge in [-0.1, -0.05) is 20.3 Å². The molecular weight excluding hydrogens is 158 g/mol. The molecule has 0 aliphatic heterocycles. The van der Waals surface area contributed by atoms with Crippen LogP contribution in [0.2, 0.25) is 0 Å². The molecule has 1 atom stereocenters. The third-order valence-electron chi connectivity index (χ3n) is 1.33. The molecule has 0 aromatic heterocycles. The first-order valence-corrected chi connectivity index (χ1v) is 5.41. The Morgan fingerprint density at radius 2 is 1.90 bits per heavy atom. The zero-order valence-corrected chi connectivity index (χ0v) is 9.99. The Hall–Kier alpha value is 1.19. The van der Waals surface area contributed by atoms with E-state index in [1.54, 1.807) is 6.92 Å². The van der Waals surface area contributed by atoms with E-state index in [2.05, 4.69) is 0 Å². The van der Waals surface area contributed by atoms with Crippen LogP contribution in [0.3, 0.4) is 0 Å². The number of hydrogen-bond acceptors (Lipinski definition) is 2. The number of rotatable bonds is 4. The topological polar surface area (TPSA) is 40.1 Å². The van der Waals surface area contributed by atoms with E-state index in [1.165, 1.54) is 0 Å². The van der Waals surface area contributed by atoms with Gasteiger partial charge in [0.25, 0.3) is 0 Å². The molecule has 0 rings (SSSR count). The van der Waals surface area contributed by atoms with E-state index in [9.17, 15) is 9.46 Å². The SMILES string of the molecule is CCCCP(=O)([O-])CC.[Na+]. The third kappa shape index (κ3) is 7.30. The molecule has 1 unspecified atom stereocenters. The molecule has 0 N–H and O–H groups in total. The molecule has 0 aliphatic rings. The minimum Gasteiger partial charge on any atom is -0.799 e. The van der Waals surface area contributed by atoms with Gasteiger partial charge in [0.2, 0.25) is 0 Å². The standard InChI is InChI=1S/C6H15O2P.Na/c1-3-5-6-9(7,8)4-2;/h3-6H2,1-2H3,(H,7,8);/q;+1/p-1. The van der Waals surface area contributed by atoms with Crippen LogP contribution in [0.4, 0.5) is 0 Å². The second-order valence-electron chi connectivity index (χ2n) is 2.21. The second kappa shape index (κ2) is 6.87. The van der Waals surface area contributed by atoms with Crippen LogP contribution in [0.1, 0.15) is 26.7 Å². The molecule has 2 nitrogen and oxygen atoms in total. The van der Waals surface area contributed by atoms with E-state index in [0.29, 0.717) is 12.3 Å². The third-order valence-corrected chi connectivity index (χ3v) is 3.30. The van der Waals surface area contributed by atoms with E-state index in [1.807, 2.05) is 6.92 Å². The fourth-order valence-corrected chi connectivity index (χ4v) is 1.67. The quantitative estimate of drug-likeness (QED) is 0.380. The van der Waals surface area contributed by atoms with E-state index in [-0.39, 0.29) is 29.6 Å². The monoisotopic (exact) mass is 172 g/mol. The molecule has 0 saturated carbocycles. The van der Waals surface area contributed by atoms with E-state index >= 15 is 0 Å². The number of hydrogen-bond donors (Lipinski definition) is 0. The fourth-order valence-electron chi connectivity index (χ4n) is 0.557. The van der Waals surface area contributed by atoms with Crippen molar-refractivity contribution in [1.82, 2.24) is 0 Å². The van der Waals surface area contributed by atoms with Crippen molar-refractivity contribution in [2.24, 2.45) is 0 Å². The van der Waals surface area contributed by atoms with E-state index < -0.39 is 7.37 Å². The summed E-state index contributed by atoms with van der Waals surface area (Å²) in [7, 11) is -2.94. The summed E-state index contributed by atoms with van der Waals surface area (Å²) in [6.07, 6.45) is 2.48. The van der Waals surface area contributed by atoms with Crippen molar-refractivity contribution in [3.8, 4) is 0 Å². The Morgan fingerprint density at radius 3 is 2.20 bits per heavy atom. The average molecular weight is 172 g/mol. The zero-order valence-electron chi connectivity index (χ0n) is 7.09. The maximum Gasteiger partial charge on any atom is 1.00 e. The Bertz CT molecular complexity index is 116. The smallest absolute Gasteiger partial charge is 0.799 e. The summed E-state index contributed by atoms with van der Waals surface area (Å²) in [5.74, 6) is 0. The van der Waals surface area contributed by atoms with Crippen LogP contribution in [-0.2, 0) is 4.57 Å². The molecule has 0 radical (unpaired) electrons. The van der Waals surface area contributed by atoms with Gasteiger partial charge in [-0.3, -0.25) is 0 Å². The summed E-state index contributed by atoms with van der Waals surface area (Å²) in [6, 6.07) is 0. The van der Waals surface area contributed by atoms with Gasteiger partial charge in [0.15, 0.2) is 0 Å². The molecule has 0 saturated heterocycles. The average Bonchev–Trinajstić information content (AvgIpc) is 1.84. The van der Waals surface area contributed by atoms with Gasteiger partial charge in [0.05, 0.1) is 0 Å². The van der Waals surface area contributed by atoms with Crippen LogP contribution in [0.15, 0.2) is 0 Å². The van der Waals surface area contributed by atoms with Crippen LogP contribution < -0.4 is 34.5 Å². The first kappa shape index (κ1) is 13.8. The summed E-state index contributed by atoms with van der Waals surface area (Å²) >= 11 is 0. The Labute approximate surface area is 85.1 Å². The van der Waals surface area contributed by atoms with E-state index in [4.69, 9.17) is 0 Å². The predicted molar refractivity (Wildman–Crippen MR) is 37.9 cm³/mol. The second-order valence-corrected chi connectivity index (χ2v) is 4.92. The predicted octanol–water partition coefficient (Wildman–Crippen LogP) is -1.55. The van der Waals surface area contributed by atoms with Crippen molar-refractivity contribution in [3.05, 3.63) is 0 Å². The molecule has 0 aromatic carbocycles. The zero-order chi connectivity index (χ0) is 7.33. The van der Waals surface area contributed by atoms with Gasteiger partial charge < -0.3 is 9.46 Å². The minimum absolute atomic E-state index is 0. The summed E-state index contributed by atoms with van der Waals surface area (Å²) in [4.78, 5) is 10.8. The van der Waals surface area contributed by atoms with Crippen LogP contribution in [0, 0.1) is 0 Å². The first-order valence-electron chi connectivity index (χ1n) is 3.41. The molecule has 10 heavy (non-hydrogen) atoms. The Morgan fingerprint density at radius 1 is 1.40 bits per heavy atom. The fraction of sp³-hybridized carbons (Fsp3) is 1.00. The summed E-state index contributed by atoms with van der Waals surface area (Å²) in [5.41, 5.74) is 0. The summed E-state index contributed by atoms with van der Waals surface area (Å²) in [6.45, 7) is 3.69. The van der Waals surface area contributed by atoms with Crippen LogP contribution >= 0.6 is 7.37 Å². The molecule has 56 valence electrons. The van der Waals surface area contributed by atoms with Gasteiger partial charge in [-0.25, -0.2) is 0 Å². The van der Waals surface area contributed by atoms with Crippen LogP contribution in [-0.4, -0.2) is 12.3 Å². The van der Waals surface area contributed by atoms with Crippen LogP contribution in [0.5, 0.6) is 0 Å². The Kier molecular flexibility index (Phi) is 9.46. The maximum atomic E-state index is 10.8. The number of unbranched alkanes of at least 4 members (excludes halogenated alkanes) is 1. The molecule has 0 bridgehead atoms. The van der Waals surface area contributed by atoms with Crippen molar-refractivity contribution in [2.75, 3.05) is 12.3 Å². The molecule has 4 heteroatoms. The molecule has 0 amide bonds. The first-order chi connectivity index (χ1) is 4.12. The van der Waals surface area contributed by atoms with Crippen molar-refractivity contribution in [3.63, 3.8) is 0 Å². The molecule has 0 aliphatic carbocycles. The summed E-state index contributed by atoms with van der Waals surface area (Å²) < 4.78 is 10.8. The van der Waals surface area contributed by atoms with Gasteiger partial charge in [0.1, 0.15) is 0 Å². The molecule has 0 aromatic rings. The maximum absolute atomic E-state index is 10.8. The van der Waals surface area contributed by atoms with Crippen LogP contribution in [0.25, 0.3) is 0 Å².